The summed E-state index contributed by atoms with van der Waals surface area (Å²) < 4.78 is 2.33. The average molecular weight is 568 g/mol. The van der Waals surface area contributed by atoms with Crippen LogP contribution in [0.25, 0.3) is 72.4 Å². The standard InChI is InChI=1S/C39H29N5/c1-25(2)39-40-34-32-22-11-9-20-30(32)31-21-10-12-23-33(31)35(34)44(39)29-19-13-18-28(24-29)38-42-36(26-14-5-3-6-15-26)41-37(43-38)27-16-7-4-8-17-27/h3-25H,1-2H3. The van der Waals surface area contributed by atoms with E-state index in [4.69, 9.17) is 19.9 Å². The molecule has 0 saturated heterocycles. The van der Waals surface area contributed by atoms with Crippen molar-refractivity contribution in [1.29, 1.82) is 0 Å². The molecule has 0 unspecified atom stereocenters. The summed E-state index contributed by atoms with van der Waals surface area (Å²) in [5, 5.41) is 4.79. The fourth-order valence-corrected chi connectivity index (χ4v) is 6.09. The van der Waals surface area contributed by atoms with E-state index in [2.05, 4.69) is 91.2 Å². The second-order valence-electron chi connectivity index (χ2n) is 11.3. The van der Waals surface area contributed by atoms with Crippen LogP contribution in [-0.2, 0) is 0 Å². The average Bonchev–Trinajstić information content (AvgIpc) is 3.51. The van der Waals surface area contributed by atoms with Crippen LogP contribution in [0, 0.1) is 0 Å². The van der Waals surface area contributed by atoms with Crippen molar-refractivity contribution in [3.05, 3.63) is 139 Å². The van der Waals surface area contributed by atoms with Crippen LogP contribution in [-0.4, -0.2) is 24.5 Å². The number of fused-ring (bicyclic) bond motifs is 6. The predicted molar refractivity (Wildman–Crippen MR) is 180 cm³/mol. The quantitative estimate of drug-likeness (QED) is 0.194. The fourth-order valence-electron chi connectivity index (χ4n) is 6.09. The van der Waals surface area contributed by atoms with Crippen molar-refractivity contribution in [1.82, 2.24) is 24.5 Å². The zero-order valence-corrected chi connectivity index (χ0v) is 24.5. The molecule has 8 rings (SSSR count). The Morgan fingerprint density at radius 3 is 1.52 bits per heavy atom. The molecule has 0 aliphatic heterocycles. The first kappa shape index (κ1) is 26.0. The smallest absolute Gasteiger partial charge is 0.164 e. The molecule has 0 fully saturated rings. The van der Waals surface area contributed by atoms with Gasteiger partial charge in [0, 0.05) is 39.1 Å². The molecule has 0 radical (unpaired) electrons. The molecule has 0 amide bonds. The van der Waals surface area contributed by atoms with Crippen LogP contribution in [0.2, 0.25) is 0 Å². The van der Waals surface area contributed by atoms with E-state index in [1.165, 1.54) is 16.2 Å². The van der Waals surface area contributed by atoms with E-state index in [1.807, 2.05) is 60.7 Å². The summed E-state index contributed by atoms with van der Waals surface area (Å²) in [7, 11) is 0. The minimum absolute atomic E-state index is 0.204. The maximum Gasteiger partial charge on any atom is 0.164 e. The molecule has 0 spiro atoms. The molecule has 2 aromatic heterocycles. The van der Waals surface area contributed by atoms with E-state index in [9.17, 15) is 0 Å². The Bertz CT molecular complexity index is 2250. The first-order valence-electron chi connectivity index (χ1n) is 15.0. The van der Waals surface area contributed by atoms with Crippen molar-refractivity contribution >= 4 is 32.6 Å². The number of aromatic nitrogens is 5. The van der Waals surface area contributed by atoms with Crippen LogP contribution < -0.4 is 0 Å². The van der Waals surface area contributed by atoms with Gasteiger partial charge in [-0.05, 0) is 22.9 Å². The van der Waals surface area contributed by atoms with Gasteiger partial charge >= 0.3 is 0 Å². The van der Waals surface area contributed by atoms with Gasteiger partial charge in [0.2, 0.25) is 0 Å². The Hall–Kier alpha value is -5.68. The van der Waals surface area contributed by atoms with Gasteiger partial charge in [0.05, 0.1) is 11.0 Å². The third kappa shape index (κ3) is 4.33. The first-order valence-corrected chi connectivity index (χ1v) is 15.0. The molecule has 44 heavy (non-hydrogen) atoms. The molecule has 210 valence electrons. The van der Waals surface area contributed by atoms with Crippen molar-refractivity contribution in [3.8, 4) is 39.9 Å². The number of rotatable bonds is 5. The van der Waals surface area contributed by atoms with Crippen LogP contribution in [0.4, 0.5) is 0 Å². The first-order chi connectivity index (χ1) is 21.7. The minimum atomic E-state index is 0.204. The summed E-state index contributed by atoms with van der Waals surface area (Å²) in [6.45, 7) is 4.41. The number of nitrogens with zero attached hydrogens (tertiary/aromatic N) is 5. The van der Waals surface area contributed by atoms with Gasteiger partial charge in [0.1, 0.15) is 5.82 Å². The Morgan fingerprint density at radius 2 is 0.932 bits per heavy atom. The van der Waals surface area contributed by atoms with Crippen molar-refractivity contribution in [2.75, 3.05) is 0 Å². The van der Waals surface area contributed by atoms with Crippen LogP contribution in [0.1, 0.15) is 25.6 Å². The lowest BCUT2D eigenvalue weighted by Gasteiger charge is -2.15. The summed E-state index contributed by atoms with van der Waals surface area (Å²) in [6.07, 6.45) is 0. The van der Waals surface area contributed by atoms with Gasteiger partial charge in [-0.15, -0.1) is 0 Å². The lowest BCUT2D eigenvalue weighted by Crippen LogP contribution is -2.04. The fraction of sp³-hybridized carbons (Fsp3) is 0.0769. The number of hydrogen-bond acceptors (Lipinski definition) is 4. The molecule has 2 heterocycles. The van der Waals surface area contributed by atoms with E-state index < -0.39 is 0 Å². The van der Waals surface area contributed by atoms with E-state index in [0.717, 1.165) is 44.6 Å². The van der Waals surface area contributed by atoms with E-state index in [-0.39, 0.29) is 5.92 Å². The highest BCUT2D eigenvalue weighted by Gasteiger charge is 2.21. The maximum atomic E-state index is 5.30. The molecule has 0 aliphatic carbocycles. The van der Waals surface area contributed by atoms with Crippen molar-refractivity contribution in [2.45, 2.75) is 19.8 Å². The van der Waals surface area contributed by atoms with Gasteiger partial charge in [-0.25, -0.2) is 19.9 Å². The van der Waals surface area contributed by atoms with Crippen molar-refractivity contribution in [2.24, 2.45) is 0 Å². The lowest BCUT2D eigenvalue weighted by atomic mass is 10.00. The zero-order valence-electron chi connectivity index (χ0n) is 24.5. The van der Waals surface area contributed by atoms with Gasteiger partial charge in [-0.3, -0.25) is 4.57 Å². The summed E-state index contributed by atoms with van der Waals surface area (Å²) in [4.78, 5) is 20.1. The predicted octanol–water partition coefficient (Wildman–Crippen LogP) is 9.64. The second kappa shape index (κ2) is 10.5. The third-order valence-corrected chi connectivity index (χ3v) is 8.14. The molecule has 0 saturated carbocycles. The molecular formula is C39H29N5. The zero-order chi connectivity index (χ0) is 29.6. The van der Waals surface area contributed by atoms with E-state index in [1.54, 1.807) is 0 Å². The lowest BCUT2D eigenvalue weighted by molar-refractivity contribution is 0.760. The topological polar surface area (TPSA) is 56.5 Å². The summed E-state index contributed by atoms with van der Waals surface area (Å²) in [5.74, 6) is 3.14. The summed E-state index contributed by atoms with van der Waals surface area (Å²) >= 11 is 0. The van der Waals surface area contributed by atoms with Crippen LogP contribution in [0.3, 0.4) is 0 Å². The molecule has 0 bridgehead atoms. The molecule has 0 N–H and O–H groups in total. The number of hydrogen-bond donors (Lipinski definition) is 0. The van der Waals surface area contributed by atoms with Gasteiger partial charge in [-0.2, -0.15) is 0 Å². The Morgan fingerprint density at radius 1 is 0.455 bits per heavy atom. The molecule has 8 aromatic rings. The van der Waals surface area contributed by atoms with Crippen molar-refractivity contribution in [3.63, 3.8) is 0 Å². The van der Waals surface area contributed by atoms with E-state index in [0.29, 0.717) is 17.5 Å². The Kier molecular flexibility index (Phi) is 6.23. The monoisotopic (exact) mass is 567 g/mol. The second-order valence-corrected chi connectivity index (χ2v) is 11.3. The SMILES string of the molecule is CC(C)c1nc2c3ccccc3c3ccccc3c2n1-c1cccc(-c2nc(-c3ccccc3)nc(-c3ccccc3)n2)c1. The van der Waals surface area contributed by atoms with Crippen LogP contribution in [0.15, 0.2) is 133 Å². The molecular weight excluding hydrogens is 538 g/mol. The molecule has 5 heteroatoms. The highest BCUT2D eigenvalue weighted by atomic mass is 15.1. The van der Waals surface area contributed by atoms with Crippen LogP contribution in [0.5, 0.6) is 0 Å². The van der Waals surface area contributed by atoms with Gasteiger partial charge < -0.3 is 0 Å². The van der Waals surface area contributed by atoms with E-state index >= 15 is 0 Å². The van der Waals surface area contributed by atoms with Gasteiger partial charge in [-0.1, -0.05) is 135 Å². The highest BCUT2D eigenvalue weighted by Crippen LogP contribution is 2.38. The molecule has 0 atom stereocenters. The maximum absolute atomic E-state index is 5.30. The summed E-state index contributed by atoms with van der Waals surface area (Å²) in [5.41, 5.74) is 5.98. The highest BCUT2D eigenvalue weighted by molar-refractivity contribution is 6.23. The van der Waals surface area contributed by atoms with Crippen molar-refractivity contribution < 1.29 is 0 Å². The summed E-state index contributed by atoms with van der Waals surface area (Å²) in [6, 6.07) is 45.9. The number of imidazole rings is 1. The minimum Gasteiger partial charge on any atom is -0.295 e. The number of benzene rings is 6. The Labute approximate surface area is 255 Å². The Balaban J connectivity index is 1.38. The van der Waals surface area contributed by atoms with Crippen LogP contribution >= 0.6 is 0 Å². The molecule has 0 aliphatic rings. The van der Waals surface area contributed by atoms with Gasteiger partial charge in [0.15, 0.2) is 17.5 Å². The largest absolute Gasteiger partial charge is 0.295 e. The molecule has 6 aromatic carbocycles. The van der Waals surface area contributed by atoms with Gasteiger partial charge in [0.25, 0.3) is 0 Å². The normalized spacial score (nSPS) is 11.6. The molecule has 5 nitrogen and oxygen atoms in total. The third-order valence-electron chi connectivity index (χ3n) is 8.14.